The third-order valence-corrected chi connectivity index (χ3v) is 14.0. The molecule has 66 heavy (non-hydrogen) atoms. The first-order chi connectivity index (χ1) is 32.2. The molecule has 1 nitrogen and oxygen atoms in total. The van der Waals surface area contributed by atoms with Crippen LogP contribution in [0.15, 0.2) is 140 Å². The molecule has 0 spiro atoms. The lowest BCUT2D eigenvalue weighted by Gasteiger charge is -2.09. The number of allylic oxidation sites excluding steroid dienone is 2. The Morgan fingerprint density at radius 1 is 0.485 bits per heavy atom. The number of halogens is 3. The maximum atomic E-state index is 15.0. The summed E-state index contributed by atoms with van der Waals surface area (Å²) in [4.78, 5) is 10.9. The summed E-state index contributed by atoms with van der Waals surface area (Å²) in [5.74, 6) is 1.63. The minimum Gasteiger partial charge on any atom is -0.300 e. The minimum absolute atomic E-state index is 0.163. The Labute approximate surface area is 409 Å². The number of unbranched alkanes of at least 4 members (excludes halogenated alkanes) is 4. The molecule has 346 valence electrons. The monoisotopic (exact) mass is 996 g/mol. The number of carbonyl (C=O) groups is 1. The molecule has 6 aromatic rings. The number of Topliss-reactive ketones (excluding diaryl/α,β-unsaturated/α-hetero) is 1. The number of carbonyl (C=O) groups excluding carboxylic acids is 1. The SMILES string of the molecule is CCCCCC1C=C(c2ccc(-c3ccc(-c4ccc(CCC)cc4)cc3F)cc2)CC1.CCCCCC1CCC(=O)C1.CCCc1ccc(-c2ccc(-c3ccc(I)cc3)c(F)c2)cc1. The fourth-order valence-corrected chi connectivity index (χ4v) is 9.75. The molecular formula is C62H71F2IO. The van der Waals surface area contributed by atoms with Gasteiger partial charge in [0.15, 0.2) is 0 Å². The third kappa shape index (κ3) is 15.2. The Morgan fingerprint density at radius 3 is 1.39 bits per heavy atom. The lowest BCUT2D eigenvalue weighted by Crippen LogP contribution is -1.94. The highest BCUT2D eigenvalue weighted by Crippen LogP contribution is 2.36. The van der Waals surface area contributed by atoms with Gasteiger partial charge in [-0.05, 0) is 153 Å². The molecule has 1 saturated carbocycles. The van der Waals surface area contributed by atoms with Crippen LogP contribution in [0.3, 0.4) is 0 Å². The van der Waals surface area contributed by atoms with E-state index in [0.29, 0.717) is 16.9 Å². The van der Waals surface area contributed by atoms with E-state index in [-0.39, 0.29) is 11.6 Å². The number of benzene rings is 6. The van der Waals surface area contributed by atoms with Crippen molar-refractivity contribution >= 4 is 33.9 Å². The van der Waals surface area contributed by atoms with E-state index in [1.807, 2.05) is 48.5 Å². The Bertz CT molecular complexity index is 2430. The fraction of sp³-hybridized carbons (Fsp3) is 0.371. The van der Waals surface area contributed by atoms with Crippen LogP contribution in [0.4, 0.5) is 8.78 Å². The smallest absolute Gasteiger partial charge is 0.133 e. The molecule has 0 bridgehead atoms. The van der Waals surface area contributed by atoms with Gasteiger partial charge < -0.3 is 0 Å². The van der Waals surface area contributed by atoms with E-state index in [2.05, 4.69) is 129 Å². The van der Waals surface area contributed by atoms with E-state index in [1.165, 1.54) is 86.5 Å². The molecule has 0 aliphatic heterocycles. The van der Waals surface area contributed by atoms with E-state index in [0.717, 1.165) is 93.7 Å². The lowest BCUT2D eigenvalue weighted by atomic mass is 9.97. The summed E-state index contributed by atoms with van der Waals surface area (Å²) in [6.45, 7) is 8.84. The second-order valence-electron chi connectivity index (χ2n) is 18.5. The van der Waals surface area contributed by atoms with Crippen molar-refractivity contribution in [3.8, 4) is 44.5 Å². The summed E-state index contributed by atoms with van der Waals surface area (Å²) in [5, 5.41) is 0. The van der Waals surface area contributed by atoms with Crippen LogP contribution in [0.25, 0.3) is 50.1 Å². The van der Waals surface area contributed by atoms with Gasteiger partial charge in [0.1, 0.15) is 17.4 Å². The zero-order valence-corrected chi connectivity index (χ0v) is 42.2. The maximum absolute atomic E-state index is 15.0. The van der Waals surface area contributed by atoms with E-state index in [4.69, 9.17) is 0 Å². The number of aryl methyl sites for hydroxylation is 2. The van der Waals surface area contributed by atoms with Crippen molar-refractivity contribution in [2.45, 2.75) is 137 Å². The predicted molar refractivity (Wildman–Crippen MR) is 287 cm³/mol. The molecule has 0 aromatic heterocycles. The first-order valence-electron chi connectivity index (χ1n) is 25.0. The molecule has 2 atom stereocenters. The molecule has 8 rings (SSSR count). The van der Waals surface area contributed by atoms with E-state index < -0.39 is 0 Å². The summed E-state index contributed by atoms with van der Waals surface area (Å²) in [6.07, 6.45) is 22.8. The van der Waals surface area contributed by atoms with Gasteiger partial charge in [-0.15, -0.1) is 0 Å². The molecule has 1 fully saturated rings. The van der Waals surface area contributed by atoms with Crippen molar-refractivity contribution in [1.82, 2.24) is 0 Å². The second kappa shape index (κ2) is 26.6. The zero-order valence-electron chi connectivity index (χ0n) is 40.0. The van der Waals surface area contributed by atoms with Gasteiger partial charge in [0.25, 0.3) is 0 Å². The molecule has 0 heterocycles. The zero-order chi connectivity index (χ0) is 46.7. The summed E-state index contributed by atoms with van der Waals surface area (Å²) in [5.41, 5.74) is 12.5. The molecule has 0 saturated heterocycles. The van der Waals surface area contributed by atoms with E-state index in [1.54, 1.807) is 12.1 Å². The number of hydrogen-bond donors (Lipinski definition) is 0. The van der Waals surface area contributed by atoms with Crippen LogP contribution in [0.5, 0.6) is 0 Å². The highest BCUT2D eigenvalue weighted by atomic mass is 127. The molecule has 2 aliphatic rings. The van der Waals surface area contributed by atoms with Crippen LogP contribution in [0.2, 0.25) is 0 Å². The number of ketones is 1. The van der Waals surface area contributed by atoms with Gasteiger partial charge in [0.05, 0.1) is 0 Å². The van der Waals surface area contributed by atoms with Gasteiger partial charge in [-0.25, -0.2) is 8.78 Å². The minimum atomic E-state index is -0.179. The average molecular weight is 997 g/mol. The molecule has 0 radical (unpaired) electrons. The largest absolute Gasteiger partial charge is 0.300 e. The van der Waals surface area contributed by atoms with Crippen molar-refractivity contribution in [2.75, 3.05) is 0 Å². The first kappa shape index (κ1) is 50.7. The molecule has 6 aromatic carbocycles. The van der Waals surface area contributed by atoms with Gasteiger partial charge in [-0.2, -0.15) is 0 Å². The van der Waals surface area contributed by atoms with Gasteiger partial charge in [0, 0.05) is 27.5 Å². The average Bonchev–Trinajstić information content (AvgIpc) is 3.99. The molecular weight excluding hydrogens is 926 g/mol. The fourth-order valence-electron chi connectivity index (χ4n) is 9.39. The normalized spacial score (nSPS) is 15.4. The van der Waals surface area contributed by atoms with Crippen molar-refractivity contribution in [1.29, 1.82) is 0 Å². The Morgan fingerprint density at radius 2 is 0.939 bits per heavy atom. The van der Waals surface area contributed by atoms with Gasteiger partial charge in [-0.3, -0.25) is 4.79 Å². The highest BCUT2D eigenvalue weighted by molar-refractivity contribution is 14.1. The molecule has 0 N–H and O–H groups in total. The van der Waals surface area contributed by atoms with Crippen LogP contribution < -0.4 is 0 Å². The molecule has 0 amide bonds. The topological polar surface area (TPSA) is 17.1 Å². The van der Waals surface area contributed by atoms with Gasteiger partial charge >= 0.3 is 0 Å². The quantitative estimate of drug-likeness (QED) is 0.0657. The molecule has 2 unspecified atom stereocenters. The molecule has 2 aliphatic carbocycles. The Balaban J connectivity index is 0.000000184. The van der Waals surface area contributed by atoms with Crippen LogP contribution >= 0.6 is 22.6 Å². The van der Waals surface area contributed by atoms with Crippen molar-refractivity contribution in [3.05, 3.63) is 171 Å². The third-order valence-electron chi connectivity index (χ3n) is 13.3. The van der Waals surface area contributed by atoms with Crippen molar-refractivity contribution in [2.24, 2.45) is 11.8 Å². The standard InChI is InChI=1S/C31H35F.C21H18FI.C10H18O/c1-3-5-6-8-24-11-14-28(21-24)26-15-17-27(18-16-26)30-20-19-29(22-31(30)32)25-12-9-23(7-4-2)10-13-25;1-2-3-15-4-6-16(7-5-15)18-10-13-20(21(22)14-18)17-8-11-19(23)12-9-17;1-2-3-4-5-9-6-7-10(11)8-9/h9-10,12-13,15-22,24H,3-8,11,14H2,1-2H3;4-14H,2-3H2,1H3;9H,2-8H2,1H3. The van der Waals surface area contributed by atoms with Crippen molar-refractivity contribution in [3.63, 3.8) is 0 Å². The Hall–Kier alpha value is -4.68. The van der Waals surface area contributed by atoms with Crippen LogP contribution in [-0.4, -0.2) is 5.78 Å². The lowest BCUT2D eigenvalue weighted by molar-refractivity contribution is -0.117. The van der Waals surface area contributed by atoms with Gasteiger partial charge in [-0.1, -0.05) is 201 Å². The summed E-state index contributed by atoms with van der Waals surface area (Å²) < 4.78 is 30.7. The van der Waals surface area contributed by atoms with Crippen LogP contribution in [-0.2, 0) is 17.6 Å². The number of rotatable bonds is 17. The first-order valence-corrected chi connectivity index (χ1v) is 26.1. The van der Waals surface area contributed by atoms with E-state index >= 15 is 4.39 Å². The predicted octanol–water partition coefficient (Wildman–Crippen LogP) is 19.1. The summed E-state index contributed by atoms with van der Waals surface area (Å²) in [7, 11) is 0. The van der Waals surface area contributed by atoms with E-state index in [9.17, 15) is 9.18 Å². The summed E-state index contributed by atoms with van der Waals surface area (Å²) >= 11 is 2.25. The van der Waals surface area contributed by atoms with Gasteiger partial charge in [0.2, 0.25) is 0 Å². The Kier molecular flexibility index (Phi) is 20.4. The van der Waals surface area contributed by atoms with Crippen LogP contribution in [0.1, 0.15) is 141 Å². The molecule has 4 heteroatoms. The van der Waals surface area contributed by atoms with Crippen molar-refractivity contribution < 1.29 is 13.6 Å². The van der Waals surface area contributed by atoms with Crippen LogP contribution in [0, 0.1) is 27.0 Å². The summed E-state index contributed by atoms with van der Waals surface area (Å²) in [6, 6.07) is 44.4. The number of hydrogen-bond acceptors (Lipinski definition) is 1. The second-order valence-corrected chi connectivity index (χ2v) is 19.7. The maximum Gasteiger partial charge on any atom is 0.133 e. The highest BCUT2D eigenvalue weighted by Gasteiger charge is 2.21.